The van der Waals surface area contributed by atoms with Crippen molar-refractivity contribution in [3.8, 4) is 0 Å². The van der Waals surface area contributed by atoms with Crippen LogP contribution in [-0.4, -0.2) is 48.1 Å². The molecule has 1 amide bonds. The van der Waals surface area contributed by atoms with Crippen LogP contribution >= 0.6 is 0 Å². The summed E-state index contributed by atoms with van der Waals surface area (Å²) in [5, 5.41) is 10.6. The first-order chi connectivity index (χ1) is 12.5. The van der Waals surface area contributed by atoms with Gasteiger partial charge in [-0.25, -0.2) is 9.97 Å². The second-order valence-electron chi connectivity index (χ2n) is 7.44. The van der Waals surface area contributed by atoms with Crippen LogP contribution < -0.4 is 0 Å². The number of carbonyl (C=O) groups excluding carboxylic acids is 1. The summed E-state index contributed by atoms with van der Waals surface area (Å²) in [6.45, 7) is 6.29. The summed E-state index contributed by atoms with van der Waals surface area (Å²) in [6.07, 6.45) is 8.83. The van der Waals surface area contributed by atoms with E-state index in [-0.39, 0.29) is 11.8 Å². The van der Waals surface area contributed by atoms with Crippen LogP contribution in [-0.2, 0) is 18.4 Å². The lowest BCUT2D eigenvalue weighted by molar-refractivity contribution is -0.133. The molecule has 1 aliphatic heterocycles. The molecule has 7 heteroatoms. The van der Waals surface area contributed by atoms with Crippen molar-refractivity contribution < 1.29 is 9.90 Å². The minimum atomic E-state index is -0.563. The molecule has 0 bridgehead atoms. The number of amides is 1. The Hall–Kier alpha value is -2.15. The molecule has 2 aromatic rings. The highest BCUT2D eigenvalue weighted by Crippen LogP contribution is 2.29. The molecule has 1 unspecified atom stereocenters. The zero-order chi connectivity index (χ0) is 18.7. The van der Waals surface area contributed by atoms with Gasteiger partial charge in [0.05, 0.1) is 0 Å². The lowest BCUT2D eigenvalue weighted by Crippen LogP contribution is -2.40. The van der Waals surface area contributed by atoms with E-state index in [1.54, 1.807) is 12.4 Å². The van der Waals surface area contributed by atoms with E-state index >= 15 is 0 Å². The molecule has 7 nitrogen and oxygen atoms in total. The molecule has 0 aliphatic carbocycles. The van der Waals surface area contributed by atoms with E-state index in [0.29, 0.717) is 37.8 Å². The highest BCUT2D eigenvalue weighted by molar-refractivity contribution is 5.76. The zero-order valence-corrected chi connectivity index (χ0v) is 15.9. The minimum Gasteiger partial charge on any atom is -0.385 e. The largest absolute Gasteiger partial charge is 0.385 e. The van der Waals surface area contributed by atoms with Crippen LogP contribution in [0.1, 0.15) is 56.8 Å². The van der Waals surface area contributed by atoms with E-state index in [9.17, 15) is 9.90 Å². The molecule has 0 aromatic carbocycles. The van der Waals surface area contributed by atoms with Crippen molar-refractivity contribution in [2.75, 3.05) is 13.1 Å². The number of imidazole rings is 2. The van der Waals surface area contributed by atoms with Crippen molar-refractivity contribution in [1.82, 2.24) is 24.0 Å². The van der Waals surface area contributed by atoms with Gasteiger partial charge in [0.25, 0.3) is 0 Å². The van der Waals surface area contributed by atoms with Gasteiger partial charge in [-0.1, -0.05) is 13.8 Å². The van der Waals surface area contributed by atoms with Gasteiger partial charge in [-0.2, -0.15) is 0 Å². The van der Waals surface area contributed by atoms with Crippen LogP contribution in [0.25, 0.3) is 0 Å². The van der Waals surface area contributed by atoms with E-state index in [1.165, 1.54) is 0 Å². The number of rotatable bonds is 6. The van der Waals surface area contributed by atoms with Crippen molar-refractivity contribution in [2.24, 2.45) is 13.0 Å². The van der Waals surface area contributed by atoms with Gasteiger partial charge in [-0.05, 0) is 18.8 Å². The standard InChI is InChI=1S/C19H29N5O2/c1-14(2)18-20-8-13-24(18)11-6-16(25)23-9-4-15(5-10-23)17(26)19-21-7-12-22(19)3/h7-8,12-15,17,26H,4-6,9-11H2,1-3H3. The van der Waals surface area contributed by atoms with Crippen molar-refractivity contribution in [3.05, 3.63) is 36.4 Å². The average molecular weight is 359 g/mol. The third kappa shape index (κ3) is 3.98. The third-order valence-electron chi connectivity index (χ3n) is 5.29. The van der Waals surface area contributed by atoms with Gasteiger partial charge in [-0.15, -0.1) is 0 Å². The number of hydrogen-bond donors (Lipinski definition) is 1. The number of aryl methyl sites for hydroxylation is 2. The summed E-state index contributed by atoms with van der Waals surface area (Å²) in [5.74, 6) is 2.41. The SMILES string of the molecule is CC(C)c1nccn1CCC(=O)N1CCC(C(O)c2nccn2C)CC1. The monoisotopic (exact) mass is 359 g/mol. The topological polar surface area (TPSA) is 76.2 Å². The second kappa shape index (κ2) is 8.03. The van der Waals surface area contributed by atoms with Gasteiger partial charge in [0.15, 0.2) is 0 Å². The van der Waals surface area contributed by atoms with Gasteiger partial charge < -0.3 is 19.1 Å². The third-order valence-corrected chi connectivity index (χ3v) is 5.29. The Morgan fingerprint density at radius 3 is 2.46 bits per heavy atom. The number of likely N-dealkylation sites (tertiary alicyclic amines) is 1. The quantitative estimate of drug-likeness (QED) is 0.857. The Bertz CT molecular complexity index is 728. The summed E-state index contributed by atoms with van der Waals surface area (Å²) in [5.41, 5.74) is 0. The van der Waals surface area contributed by atoms with Crippen LogP contribution in [0.2, 0.25) is 0 Å². The van der Waals surface area contributed by atoms with E-state index < -0.39 is 6.10 Å². The molecule has 0 saturated carbocycles. The number of nitrogens with zero attached hydrogens (tertiary/aromatic N) is 5. The molecule has 1 N–H and O–H groups in total. The Balaban J connectivity index is 1.49. The van der Waals surface area contributed by atoms with E-state index in [4.69, 9.17) is 0 Å². The summed E-state index contributed by atoms with van der Waals surface area (Å²) in [6, 6.07) is 0. The molecule has 1 atom stereocenters. The summed E-state index contributed by atoms with van der Waals surface area (Å²) in [4.78, 5) is 23.1. The lowest BCUT2D eigenvalue weighted by atomic mass is 9.90. The van der Waals surface area contributed by atoms with E-state index in [2.05, 4.69) is 28.4 Å². The van der Waals surface area contributed by atoms with Gasteiger partial charge in [0.2, 0.25) is 5.91 Å². The summed E-state index contributed by atoms with van der Waals surface area (Å²) < 4.78 is 3.93. The van der Waals surface area contributed by atoms with Crippen LogP contribution in [0.4, 0.5) is 0 Å². The number of hydrogen-bond acceptors (Lipinski definition) is 4. The van der Waals surface area contributed by atoms with Crippen molar-refractivity contribution in [1.29, 1.82) is 0 Å². The predicted octanol–water partition coefficient (Wildman–Crippen LogP) is 2.10. The molecule has 3 heterocycles. The molecule has 142 valence electrons. The molecule has 2 aromatic heterocycles. The molecule has 3 rings (SSSR count). The normalized spacial score (nSPS) is 17.0. The van der Waals surface area contributed by atoms with Gasteiger partial charge >= 0.3 is 0 Å². The van der Waals surface area contributed by atoms with Crippen LogP contribution in [0.15, 0.2) is 24.8 Å². The summed E-state index contributed by atoms with van der Waals surface area (Å²) in [7, 11) is 1.89. The first-order valence-electron chi connectivity index (χ1n) is 9.41. The van der Waals surface area contributed by atoms with Crippen molar-refractivity contribution in [2.45, 2.75) is 51.7 Å². The maximum atomic E-state index is 12.5. The smallest absolute Gasteiger partial charge is 0.224 e. The Morgan fingerprint density at radius 1 is 1.19 bits per heavy atom. The Morgan fingerprint density at radius 2 is 1.85 bits per heavy atom. The van der Waals surface area contributed by atoms with Gasteiger partial charge in [-0.3, -0.25) is 4.79 Å². The minimum absolute atomic E-state index is 0.154. The number of carbonyl (C=O) groups is 1. The average Bonchev–Trinajstić information content (AvgIpc) is 3.28. The predicted molar refractivity (Wildman–Crippen MR) is 98.4 cm³/mol. The van der Waals surface area contributed by atoms with Gasteiger partial charge in [0, 0.05) is 63.8 Å². The van der Waals surface area contributed by atoms with E-state index in [1.807, 2.05) is 28.9 Å². The van der Waals surface area contributed by atoms with Crippen LogP contribution in [0.3, 0.4) is 0 Å². The summed E-state index contributed by atoms with van der Waals surface area (Å²) >= 11 is 0. The Kier molecular flexibility index (Phi) is 5.76. The van der Waals surface area contributed by atoms with E-state index in [0.717, 1.165) is 18.7 Å². The first-order valence-corrected chi connectivity index (χ1v) is 9.41. The Labute approximate surface area is 154 Å². The highest BCUT2D eigenvalue weighted by atomic mass is 16.3. The molecule has 26 heavy (non-hydrogen) atoms. The van der Waals surface area contributed by atoms with Crippen LogP contribution in [0, 0.1) is 5.92 Å². The maximum absolute atomic E-state index is 12.5. The molecule has 1 fully saturated rings. The second-order valence-corrected chi connectivity index (χ2v) is 7.44. The zero-order valence-electron chi connectivity index (χ0n) is 15.9. The molecule has 0 radical (unpaired) electrons. The fourth-order valence-electron chi connectivity index (χ4n) is 3.72. The van der Waals surface area contributed by atoms with Crippen molar-refractivity contribution in [3.63, 3.8) is 0 Å². The maximum Gasteiger partial charge on any atom is 0.224 e. The molecular formula is C19H29N5O2. The number of aromatic nitrogens is 4. The fraction of sp³-hybridized carbons (Fsp3) is 0.632. The fourth-order valence-corrected chi connectivity index (χ4v) is 3.72. The highest BCUT2D eigenvalue weighted by Gasteiger charge is 2.29. The number of aliphatic hydroxyl groups excluding tert-OH is 1. The molecule has 1 saturated heterocycles. The van der Waals surface area contributed by atoms with Crippen LogP contribution in [0.5, 0.6) is 0 Å². The lowest BCUT2D eigenvalue weighted by Gasteiger charge is -2.34. The number of aliphatic hydroxyl groups is 1. The van der Waals surface area contributed by atoms with Gasteiger partial charge in [0.1, 0.15) is 17.8 Å². The number of piperidine rings is 1. The first kappa shape index (κ1) is 18.6. The van der Waals surface area contributed by atoms with Crippen molar-refractivity contribution >= 4 is 5.91 Å². The molecule has 1 aliphatic rings. The molecule has 0 spiro atoms. The molecular weight excluding hydrogens is 330 g/mol.